The van der Waals surface area contributed by atoms with E-state index in [1.807, 2.05) is 0 Å². The van der Waals surface area contributed by atoms with Gasteiger partial charge in [0.2, 0.25) is 0 Å². The van der Waals surface area contributed by atoms with Crippen LogP contribution in [0.5, 0.6) is 0 Å². The Balaban J connectivity index is 1.54. The van der Waals surface area contributed by atoms with Gasteiger partial charge in [0.15, 0.2) is 0 Å². The third kappa shape index (κ3) is 3.41. The maximum atomic E-state index is 5.44. The van der Waals surface area contributed by atoms with Gasteiger partial charge in [0.05, 0.1) is 11.7 Å². The Labute approximate surface area is 121 Å². The van der Waals surface area contributed by atoms with E-state index in [-0.39, 0.29) is 5.54 Å². The fraction of sp³-hybridized carbons (Fsp3) is 0.812. The minimum Gasteiger partial charge on any atom is -0.381 e. The molecule has 0 spiro atoms. The summed E-state index contributed by atoms with van der Waals surface area (Å²) < 4.78 is 7.64. The van der Waals surface area contributed by atoms with Gasteiger partial charge in [-0.2, -0.15) is 5.10 Å². The number of hydrogen-bond donors (Lipinski definition) is 1. The molecule has 4 nitrogen and oxygen atoms in total. The van der Waals surface area contributed by atoms with Gasteiger partial charge < -0.3 is 10.1 Å². The topological polar surface area (TPSA) is 39.1 Å². The fourth-order valence-corrected chi connectivity index (χ4v) is 3.32. The molecule has 112 valence electrons. The Bertz CT molecular complexity index is 417. The molecule has 0 bridgehead atoms. The second-order valence-electron chi connectivity index (χ2n) is 6.61. The van der Waals surface area contributed by atoms with Crippen molar-refractivity contribution in [3.05, 3.63) is 18.0 Å². The maximum absolute atomic E-state index is 5.44. The Morgan fingerprint density at radius 1 is 1.30 bits per heavy atom. The van der Waals surface area contributed by atoms with E-state index in [1.54, 1.807) is 0 Å². The Kier molecular flexibility index (Phi) is 4.41. The molecule has 2 fully saturated rings. The lowest BCUT2D eigenvalue weighted by Gasteiger charge is -2.34. The molecule has 1 aromatic rings. The minimum absolute atomic E-state index is 0.215. The number of ether oxygens (including phenoxy) is 1. The minimum atomic E-state index is 0.215. The standard InChI is InChI=1S/C16H27N3O/c1-16(8-11-20-12-9-16)17-13-14-7-10-19(18-14)15-5-3-2-4-6-15/h7,10,15,17H,2-6,8-9,11-13H2,1H3. The van der Waals surface area contributed by atoms with Crippen LogP contribution >= 0.6 is 0 Å². The van der Waals surface area contributed by atoms with Crippen LogP contribution in [0.1, 0.15) is 63.6 Å². The van der Waals surface area contributed by atoms with Gasteiger partial charge in [0.25, 0.3) is 0 Å². The van der Waals surface area contributed by atoms with Crippen molar-refractivity contribution in [2.75, 3.05) is 13.2 Å². The summed E-state index contributed by atoms with van der Waals surface area (Å²) >= 11 is 0. The molecule has 0 amide bonds. The number of aromatic nitrogens is 2. The SMILES string of the molecule is CC1(NCc2ccn(C3CCCCC3)n2)CCOCC1. The molecule has 0 atom stereocenters. The molecule has 20 heavy (non-hydrogen) atoms. The van der Waals surface area contributed by atoms with E-state index in [1.165, 1.54) is 37.8 Å². The second kappa shape index (κ2) is 6.27. The van der Waals surface area contributed by atoms with Crippen molar-refractivity contribution in [2.45, 2.75) is 70.0 Å². The van der Waals surface area contributed by atoms with Crippen molar-refractivity contribution < 1.29 is 4.74 Å². The van der Waals surface area contributed by atoms with Gasteiger partial charge in [-0.1, -0.05) is 19.3 Å². The summed E-state index contributed by atoms with van der Waals surface area (Å²) in [5.74, 6) is 0. The molecular formula is C16H27N3O. The molecule has 1 aromatic heterocycles. The van der Waals surface area contributed by atoms with Crippen LogP contribution in [0.2, 0.25) is 0 Å². The summed E-state index contributed by atoms with van der Waals surface area (Å²) in [6, 6.07) is 2.81. The zero-order valence-corrected chi connectivity index (χ0v) is 12.6. The molecule has 1 saturated heterocycles. The van der Waals surface area contributed by atoms with E-state index >= 15 is 0 Å². The van der Waals surface area contributed by atoms with E-state index in [0.29, 0.717) is 6.04 Å². The Morgan fingerprint density at radius 3 is 2.80 bits per heavy atom. The number of nitrogens with one attached hydrogen (secondary N) is 1. The largest absolute Gasteiger partial charge is 0.381 e. The second-order valence-corrected chi connectivity index (χ2v) is 6.61. The summed E-state index contributed by atoms with van der Waals surface area (Å²) in [7, 11) is 0. The fourth-order valence-electron chi connectivity index (χ4n) is 3.32. The molecule has 3 rings (SSSR count). The van der Waals surface area contributed by atoms with Gasteiger partial charge in [-0.15, -0.1) is 0 Å². The van der Waals surface area contributed by atoms with Gasteiger partial charge in [-0.25, -0.2) is 0 Å². The van der Waals surface area contributed by atoms with Gasteiger partial charge in [-0.05, 0) is 38.7 Å². The third-order valence-electron chi connectivity index (χ3n) is 4.91. The molecule has 1 aliphatic carbocycles. The zero-order chi connectivity index (χ0) is 13.8. The van der Waals surface area contributed by atoms with Crippen molar-refractivity contribution >= 4 is 0 Å². The van der Waals surface area contributed by atoms with Crippen molar-refractivity contribution in [3.8, 4) is 0 Å². The van der Waals surface area contributed by atoms with E-state index in [2.05, 4.69) is 29.2 Å². The zero-order valence-electron chi connectivity index (χ0n) is 12.6. The van der Waals surface area contributed by atoms with Crippen LogP contribution in [0.25, 0.3) is 0 Å². The molecule has 0 radical (unpaired) electrons. The predicted octanol–water partition coefficient (Wildman–Crippen LogP) is 3.05. The van der Waals surface area contributed by atoms with Crippen LogP contribution in [-0.4, -0.2) is 28.5 Å². The number of rotatable bonds is 4. The first-order chi connectivity index (χ1) is 9.75. The first kappa shape index (κ1) is 14.1. The van der Waals surface area contributed by atoms with E-state index in [4.69, 9.17) is 9.84 Å². The lowest BCUT2D eigenvalue weighted by Crippen LogP contribution is -2.46. The van der Waals surface area contributed by atoms with Crippen molar-refractivity contribution in [1.29, 1.82) is 0 Å². The monoisotopic (exact) mass is 277 g/mol. The van der Waals surface area contributed by atoms with Crippen LogP contribution in [0.4, 0.5) is 0 Å². The normalized spacial score (nSPS) is 23.9. The van der Waals surface area contributed by atoms with Crippen LogP contribution in [0, 0.1) is 0 Å². The van der Waals surface area contributed by atoms with Crippen molar-refractivity contribution in [2.24, 2.45) is 0 Å². The maximum Gasteiger partial charge on any atom is 0.0762 e. The average Bonchev–Trinajstić information content (AvgIpc) is 2.96. The summed E-state index contributed by atoms with van der Waals surface area (Å²) in [5, 5.41) is 8.45. The molecule has 0 aromatic carbocycles. The number of hydrogen-bond acceptors (Lipinski definition) is 3. The molecule has 1 saturated carbocycles. The third-order valence-corrected chi connectivity index (χ3v) is 4.91. The lowest BCUT2D eigenvalue weighted by atomic mass is 9.92. The van der Waals surface area contributed by atoms with Gasteiger partial charge >= 0.3 is 0 Å². The Morgan fingerprint density at radius 2 is 2.05 bits per heavy atom. The highest BCUT2D eigenvalue weighted by molar-refractivity contribution is 5.01. The number of nitrogens with zero attached hydrogens (tertiary/aromatic N) is 2. The van der Waals surface area contributed by atoms with Gasteiger partial charge in [0, 0.05) is 31.5 Å². The van der Waals surface area contributed by atoms with E-state index in [0.717, 1.165) is 32.6 Å². The first-order valence-corrected chi connectivity index (χ1v) is 8.12. The molecule has 0 unspecified atom stereocenters. The highest BCUT2D eigenvalue weighted by Gasteiger charge is 2.26. The quantitative estimate of drug-likeness (QED) is 0.919. The van der Waals surface area contributed by atoms with Crippen molar-refractivity contribution in [1.82, 2.24) is 15.1 Å². The summed E-state index contributed by atoms with van der Waals surface area (Å²) in [6.07, 6.45) is 11.1. The predicted molar refractivity (Wildman–Crippen MR) is 79.6 cm³/mol. The molecule has 1 aliphatic heterocycles. The summed E-state index contributed by atoms with van der Waals surface area (Å²) in [6.45, 7) is 4.92. The van der Waals surface area contributed by atoms with Crippen LogP contribution in [0.15, 0.2) is 12.3 Å². The summed E-state index contributed by atoms with van der Waals surface area (Å²) in [4.78, 5) is 0. The van der Waals surface area contributed by atoms with E-state index < -0.39 is 0 Å². The Hall–Kier alpha value is -0.870. The van der Waals surface area contributed by atoms with Crippen LogP contribution in [-0.2, 0) is 11.3 Å². The average molecular weight is 277 g/mol. The van der Waals surface area contributed by atoms with Gasteiger partial charge in [0.1, 0.15) is 0 Å². The smallest absolute Gasteiger partial charge is 0.0762 e. The van der Waals surface area contributed by atoms with Crippen LogP contribution < -0.4 is 5.32 Å². The van der Waals surface area contributed by atoms with Crippen molar-refractivity contribution in [3.63, 3.8) is 0 Å². The molecule has 1 N–H and O–H groups in total. The molecule has 2 heterocycles. The highest BCUT2D eigenvalue weighted by Crippen LogP contribution is 2.27. The molecule has 4 heteroatoms. The molecule has 2 aliphatic rings. The first-order valence-electron chi connectivity index (χ1n) is 8.12. The summed E-state index contributed by atoms with van der Waals surface area (Å²) in [5.41, 5.74) is 1.38. The van der Waals surface area contributed by atoms with Crippen LogP contribution in [0.3, 0.4) is 0 Å². The van der Waals surface area contributed by atoms with Gasteiger partial charge in [-0.3, -0.25) is 4.68 Å². The highest BCUT2D eigenvalue weighted by atomic mass is 16.5. The lowest BCUT2D eigenvalue weighted by molar-refractivity contribution is 0.0444. The van der Waals surface area contributed by atoms with E-state index in [9.17, 15) is 0 Å². The molecular weight excluding hydrogens is 250 g/mol.